The maximum Gasteiger partial charge on any atom is 0.349 e. The Morgan fingerprint density at radius 1 is 1.00 bits per heavy atom. The lowest BCUT2D eigenvalue weighted by molar-refractivity contribution is 0.0844. The van der Waals surface area contributed by atoms with Crippen LogP contribution in [0.15, 0.2) is 57.7 Å². The van der Waals surface area contributed by atoms with E-state index >= 15 is 0 Å². The fourth-order valence-electron chi connectivity index (χ4n) is 2.39. The summed E-state index contributed by atoms with van der Waals surface area (Å²) in [7, 11) is 1.45. The van der Waals surface area contributed by atoms with Crippen LogP contribution in [0.3, 0.4) is 0 Å². The van der Waals surface area contributed by atoms with Gasteiger partial charge in [0.1, 0.15) is 5.56 Å². The molecule has 3 rings (SSSR count). The molecule has 0 saturated heterocycles. The van der Waals surface area contributed by atoms with E-state index in [2.05, 4.69) is 10.9 Å². The summed E-state index contributed by atoms with van der Waals surface area (Å²) in [6.45, 7) is 1.90. The lowest BCUT2D eigenvalue weighted by atomic mass is 10.1. The number of amides is 2. The highest BCUT2D eigenvalue weighted by Gasteiger charge is 2.16. The highest BCUT2D eigenvalue weighted by molar-refractivity contribution is 6.00. The molecule has 26 heavy (non-hydrogen) atoms. The van der Waals surface area contributed by atoms with Crippen molar-refractivity contribution in [3.05, 3.63) is 75.6 Å². The van der Waals surface area contributed by atoms with Gasteiger partial charge in [0.05, 0.1) is 7.11 Å². The third-order valence-electron chi connectivity index (χ3n) is 3.79. The summed E-state index contributed by atoms with van der Waals surface area (Å²) in [6, 6.07) is 13.2. The molecular weight excluding hydrogens is 336 g/mol. The van der Waals surface area contributed by atoms with Gasteiger partial charge >= 0.3 is 5.63 Å². The predicted molar refractivity (Wildman–Crippen MR) is 95.1 cm³/mol. The van der Waals surface area contributed by atoms with Crippen LogP contribution in [-0.4, -0.2) is 18.9 Å². The number of ether oxygens (including phenoxy) is 1. The van der Waals surface area contributed by atoms with Crippen molar-refractivity contribution in [1.29, 1.82) is 0 Å². The van der Waals surface area contributed by atoms with E-state index in [0.717, 1.165) is 5.56 Å². The van der Waals surface area contributed by atoms with Crippen molar-refractivity contribution in [2.75, 3.05) is 7.11 Å². The average Bonchev–Trinajstić information content (AvgIpc) is 2.65. The second-order valence-electron chi connectivity index (χ2n) is 5.60. The second-order valence-corrected chi connectivity index (χ2v) is 5.60. The zero-order valence-electron chi connectivity index (χ0n) is 14.2. The molecule has 7 nitrogen and oxygen atoms in total. The summed E-state index contributed by atoms with van der Waals surface area (Å²) in [5.41, 5.74) is 5.07. The first-order valence-electron chi connectivity index (χ1n) is 7.78. The Morgan fingerprint density at radius 3 is 2.38 bits per heavy atom. The van der Waals surface area contributed by atoms with Crippen LogP contribution in [0.2, 0.25) is 0 Å². The van der Waals surface area contributed by atoms with Gasteiger partial charge in [0, 0.05) is 10.9 Å². The molecular formula is C19H16N2O5. The lowest BCUT2D eigenvalue weighted by Crippen LogP contribution is -2.43. The van der Waals surface area contributed by atoms with Gasteiger partial charge in [0.25, 0.3) is 11.8 Å². The van der Waals surface area contributed by atoms with Crippen LogP contribution in [0, 0.1) is 6.92 Å². The quantitative estimate of drug-likeness (QED) is 0.556. The van der Waals surface area contributed by atoms with Gasteiger partial charge in [0.2, 0.25) is 0 Å². The van der Waals surface area contributed by atoms with E-state index in [9.17, 15) is 14.4 Å². The van der Waals surface area contributed by atoms with Gasteiger partial charge in [-0.15, -0.1) is 0 Å². The van der Waals surface area contributed by atoms with Crippen LogP contribution in [0.1, 0.15) is 26.3 Å². The van der Waals surface area contributed by atoms with Crippen LogP contribution in [-0.2, 0) is 0 Å². The number of hydrogen-bond acceptors (Lipinski definition) is 5. The Morgan fingerprint density at radius 2 is 1.69 bits per heavy atom. The number of rotatable bonds is 3. The lowest BCUT2D eigenvalue weighted by Gasteiger charge is -2.08. The Balaban J connectivity index is 1.79. The Labute approximate surface area is 148 Å². The largest absolute Gasteiger partial charge is 0.493 e. The average molecular weight is 352 g/mol. The Bertz CT molecular complexity index is 1040. The molecule has 3 aromatic rings. The van der Waals surface area contributed by atoms with E-state index < -0.39 is 17.4 Å². The standard InChI is InChI=1S/C19H16N2O5/c1-11-6-8-12(9-7-11)17(22)20-21-18(23)14-10-13-4-3-5-15(25-2)16(13)26-19(14)24/h3-10H,1-2H3,(H,20,22)(H,21,23). The number of nitrogens with one attached hydrogen (secondary N) is 2. The fraction of sp³-hybridized carbons (Fsp3) is 0.105. The number of carbonyl (C=O) groups is 2. The molecule has 1 aromatic heterocycles. The minimum atomic E-state index is -0.830. The number of methoxy groups -OCH3 is 1. The number of para-hydroxylation sites is 1. The van der Waals surface area contributed by atoms with E-state index in [1.165, 1.54) is 13.2 Å². The molecule has 0 aliphatic heterocycles. The SMILES string of the molecule is COc1cccc2cc(C(=O)NNC(=O)c3ccc(C)cc3)c(=O)oc12. The summed E-state index contributed by atoms with van der Waals surface area (Å²) in [4.78, 5) is 36.4. The van der Waals surface area contributed by atoms with E-state index in [0.29, 0.717) is 16.7 Å². The van der Waals surface area contributed by atoms with Gasteiger partial charge in [-0.05, 0) is 31.2 Å². The topological polar surface area (TPSA) is 97.6 Å². The smallest absolute Gasteiger partial charge is 0.349 e. The number of hydrazine groups is 1. The number of fused-ring (bicyclic) bond motifs is 1. The van der Waals surface area contributed by atoms with Crippen molar-refractivity contribution in [2.45, 2.75) is 6.92 Å². The van der Waals surface area contributed by atoms with Crippen molar-refractivity contribution >= 4 is 22.8 Å². The monoisotopic (exact) mass is 352 g/mol. The van der Waals surface area contributed by atoms with E-state index in [4.69, 9.17) is 9.15 Å². The molecule has 0 saturated carbocycles. The van der Waals surface area contributed by atoms with Crippen molar-refractivity contribution in [3.63, 3.8) is 0 Å². The van der Waals surface area contributed by atoms with E-state index in [1.54, 1.807) is 42.5 Å². The first kappa shape index (κ1) is 17.2. The first-order chi connectivity index (χ1) is 12.5. The minimum Gasteiger partial charge on any atom is -0.493 e. The summed E-state index contributed by atoms with van der Waals surface area (Å²) < 4.78 is 10.3. The van der Waals surface area contributed by atoms with Crippen molar-refractivity contribution < 1.29 is 18.7 Å². The van der Waals surface area contributed by atoms with Gasteiger partial charge in [-0.1, -0.05) is 29.8 Å². The van der Waals surface area contributed by atoms with Gasteiger partial charge < -0.3 is 9.15 Å². The Kier molecular flexibility index (Phi) is 4.70. The molecule has 0 spiro atoms. The van der Waals surface area contributed by atoms with Gasteiger partial charge in [-0.25, -0.2) is 4.79 Å². The second kappa shape index (κ2) is 7.10. The molecule has 2 N–H and O–H groups in total. The molecule has 0 fully saturated rings. The first-order valence-corrected chi connectivity index (χ1v) is 7.78. The molecule has 0 aliphatic carbocycles. The number of hydrogen-bond donors (Lipinski definition) is 2. The van der Waals surface area contributed by atoms with Crippen LogP contribution in [0.4, 0.5) is 0 Å². The van der Waals surface area contributed by atoms with Crippen LogP contribution >= 0.6 is 0 Å². The van der Waals surface area contributed by atoms with Crippen molar-refractivity contribution in [2.24, 2.45) is 0 Å². The van der Waals surface area contributed by atoms with Crippen molar-refractivity contribution in [1.82, 2.24) is 10.9 Å². The van der Waals surface area contributed by atoms with Gasteiger partial charge in [0.15, 0.2) is 11.3 Å². The van der Waals surface area contributed by atoms with E-state index in [-0.39, 0.29) is 11.1 Å². The van der Waals surface area contributed by atoms with Gasteiger partial charge in [-0.2, -0.15) is 0 Å². The zero-order valence-corrected chi connectivity index (χ0v) is 14.2. The number of benzene rings is 2. The molecule has 2 aromatic carbocycles. The van der Waals surface area contributed by atoms with Gasteiger partial charge in [-0.3, -0.25) is 20.4 Å². The molecule has 0 aliphatic rings. The molecule has 132 valence electrons. The van der Waals surface area contributed by atoms with E-state index in [1.807, 2.05) is 6.92 Å². The highest BCUT2D eigenvalue weighted by Crippen LogP contribution is 2.24. The molecule has 1 heterocycles. The normalized spacial score (nSPS) is 10.4. The Hall–Kier alpha value is -3.61. The summed E-state index contributed by atoms with van der Waals surface area (Å²) in [5.74, 6) is -0.881. The highest BCUT2D eigenvalue weighted by atomic mass is 16.5. The molecule has 2 amide bonds. The summed E-state index contributed by atoms with van der Waals surface area (Å²) >= 11 is 0. The number of carbonyl (C=O) groups excluding carboxylic acids is 2. The van der Waals surface area contributed by atoms with Crippen molar-refractivity contribution in [3.8, 4) is 5.75 Å². The zero-order chi connectivity index (χ0) is 18.7. The number of aryl methyl sites for hydroxylation is 1. The van der Waals surface area contributed by atoms with Crippen LogP contribution in [0.25, 0.3) is 11.0 Å². The summed E-state index contributed by atoms with van der Waals surface area (Å²) in [5, 5.41) is 0.527. The molecule has 0 bridgehead atoms. The molecule has 7 heteroatoms. The molecule has 0 atom stereocenters. The maximum atomic E-state index is 12.2. The maximum absolute atomic E-state index is 12.2. The fourth-order valence-corrected chi connectivity index (χ4v) is 2.39. The summed E-state index contributed by atoms with van der Waals surface area (Å²) in [6.07, 6.45) is 0. The molecule has 0 unspecified atom stereocenters. The minimum absolute atomic E-state index is 0.227. The third-order valence-corrected chi connectivity index (χ3v) is 3.79. The predicted octanol–water partition coefficient (Wildman–Crippen LogP) is 2.18. The van der Waals surface area contributed by atoms with Crippen LogP contribution in [0.5, 0.6) is 5.75 Å². The third kappa shape index (κ3) is 3.41. The van der Waals surface area contributed by atoms with Crippen LogP contribution < -0.4 is 21.2 Å². The molecule has 0 radical (unpaired) electrons.